The molecular weight excluding hydrogens is 260 g/mol. The molecule has 110 valence electrons. The number of Topliss-reactive ketones (excluding diaryl/α,β-unsaturated/α-hetero) is 1. The SMILES string of the molecule is COc1cc(OC)c(C(C)=O)c(OC2CCCCO2)c1. The first kappa shape index (κ1) is 14.7. The maximum atomic E-state index is 11.8. The van der Waals surface area contributed by atoms with Crippen molar-refractivity contribution in [1.29, 1.82) is 0 Å². The molecule has 5 nitrogen and oxygen atoms in total. The van der Waals surface area contributed by atoms with Crippen LogP contribution in [-0.2, 0) is 4.74 Å². The maximum absolute atomic E-state index is 11.8. The predicted molar refractivity (Wildman–Crippen MR) is 73.8 cm³/mol. The molecule has 1 saturated heterocycles. The van der Waals surface area contributed by atoms with Gasteiger partial charge in [-0.3, -0.25) is 4.79 Å². The molecule has 0 saturated carbocycles. The molecule has 1 atom stereocenters. The normalized spacial score (nSPS) is 18.4. The van der Waals surface area contributed by atoms with Crippen LogP contribution in [0.3, 0.4) is 0 Å². The van der Waals surface area contributed by atoms with Crippen LogP contribution in [0.2, 0.25) is 0 Å². The smallest absolute Gasteiger partial charge is 0.199 e. The fourth-order valence-corrected chi connectivity index (χ4v) is 2.23. The third kappa shape index (κ3) is 3.22. The molecule has 5 heteroatoms. The molecule has 1 unspecified atom stereocenters. The van der Waals surface area contributed by atoms with Crippen LogP contribution in [0.25, 0.3) is 0 Å². The Balaban J connectivity index is 2.34. The summed E-state index contributed by atoms with van der Waals surface area (Å²) in [6.45, 7) is 2.17. The fraction of sp³-hybridized carbons (Fsp3) is 0.533. The van der Waals surface area contributed by atoms with Gasteiger partial charge in [-0.25, -0.2) is 0 Å². The highest BCUT2D eigenvalue weighted by Gasteiger charge is 2.22. The summed E-state index contributed by atoms with van der Waals surface area (Å²) in [5, 5.41) is 0. The van der Waals surface area contributed by atoms with Gasteiger partial charge in [0.2, 0.25) is 0 Å². The largest absolute Gasteiger partial charge is 0.496 e. The lowest BCUT2D eigenvalue weighted by Crippen LogP contribution is -2.25. The minimum Gasteiger partial charge on any atom is -0.496 e. The van der Waals surface area contributed by atoms with Crippen molar-refractivity contribution in [2.75, 3.05) is 20.8 Å². The van der Waals surface area contributed by atoms with Crippen LogP contribution in [0.5, 0.6) is 17.2 Å². The molecule has 0 amide bonds. The molecule has 20 heavy (non-hydrogen) atoms. The van der Waals surface area contributed by atoms with Crippen molar-refractivity contribution in [3.8, 4) is 17.2 Å². The van der Waals surface area contributed by atoms with Gasteiger partial charge in [0.25, 0.3) is 0 Å². The molecule has 0 spiro atoms. The van der Waals surface area contributed by atoms with Crippen molar-refractivity contribution in [2.24, 2.45) is 0 Å². The number of carbonyl (C=O) groups excluding carboxylic acids is 1. The Morgan fingerprint density at radius 3 is 2.50 bits per heavy atom. The summed E-state index contributed by atoms with van der Waals surface area (Å²) >= 11 is 0. The highest BCUT2D eigenvalue weighted by Crippen LogP contribution is 2.35. The predicted octanol–water partition coefficient (Wildman–Crippen LogP) is 2.81. The minimum atomic E-state index is -0.321. The molecule has 1 aliphatic heterocycles. The molecule has 0 radical (unpaired) electrons. The zero-order valence-electron chi connectivity index (χ0n) is 12.1. The summed E-state index contributed by atoms with van der Waals surface area (Å²) < 4.78 is 21.8. The van der Waals surface area contributed by atoms with Gasteiger partial charge in [0.05, 0.1) is 20.8 Å². The maximum Gasteiger partial charge on any atom is 0.199 e. The van der Waals surface area contributed by atoms with E-state index < -0.39 is 0 Å². The zero-order valence-corrected chi connectivity index (χ0v) is 12.1. The van der Waals surface area contributed by atoms with Crippen LogP contribution in [0.4, 0.5) is 0 Å². The first-order valence-electron chi connectivity index (χ1n) is 6.71. The van der Waals surface area contributed by atoms with Crippen LogP contribution in [0, 0.1) is 0 Å². The molecule has 0 aromatic heterocycles. The number of methoxy groups -OCH3 is 2. The summed E-state index contributed by atoms with van der Waals surface area (Å²) in [6, 6.07) is 3.36. The van der Waals surface area contributed by atoms with Crippen molar-refractivity contribution in [3.05, 3.63) is 17.7 Å². The lowest BCUT2D eigenvalue weighted by atomic mass is 10.1. The Kier molecular flexibility index (Phi) is 4.84. The Morgan fingerprint density at radius 2 is 1.95 bits per heavy atom. The second kappa shape index (κ2) is 6.61. The van der Waals surface area contributed by atoms with E-state index in [-0.39, 0.29) is 12.1 Å². The minimum absolute atomic E-state index is 0.115. The average molecular weight is 280 g/mol. The average Bonchev–Trinajstić information content (AvgIpc) is 2.47. The van der Waals surface area contributed by atoms with Crippen LogP contribution in [-0.4, -0.2) is 32.9 Å². The van der Waals surface area contributed by atoms with Gasteiger partial charge in [0, 0.05) is 18.6 Å². The summed E-state index contributed by atoms with van der Waals surface area (Å²) in [6.07, 6.45) is 2.59. The van der Waals surface area contributed by atoms with Crippen molar-refractivity contribution in [1.82, 2.24) is 0 Å². The van der Waals surface area contributed by atoms with Crippen molar-refractivity contribution < 1.29 is 23.7 Å². The Hall–Kier alpha value is -1.75. The van der Waals surface area contributed by atoms with E-state index in [1.54, 1.807) is 19.2 Å². The van der Waals surface area contributed by atoms with Gasteiger partial charge in [0.15, 0.2) is 12.1 Å². The monoisotopic (exact) mass is 280 g/mol. The highest BCUT2D eigenvalue weighted by molar-refractivity contribution is 6.00. The summed E-state index contributed by atoms with van der Waals surface area (Å²) in [4.78, 5) is 11.8. The summed E-state index contributed by atoms with van der Waals surface area (Å²) in [7, 11) is 3.07. The van der Waals surface area contributed by atoms with E-state index in [9.17, 15) is 4.79 Å². The van der Waals surface area contributed by atoms with Gasteiger partial charge in [-0.05, 0) is 19.8 Å². The zero-order chi connectivity index (χ0) is 14.5. The van der Waals surface area contributed by atoms with Gasteiger partial charge in [0.1, 0.15) is 22.8 Å². The second-order valence-electron chi connectivity index (χ2n) is 4.67. The van der Waals surface area contributed by atoms with E-state index in [1.165, 1.54) is 14.0 Å². The van der Waals surface area contributed by atoms with E-state index in [0.717, 1.165) is 19.3 Å². The quantitative estimate of drug-likeness (QED) is 0.776. The van der Waals surface area contributed by atoms with Crippen LogP contribution in [0.1, 0.15) is 36.5 Å². The molecule has 0 bridgehead atoms. The third-order valence-corrected chi connectivity index (χ3v) is 3.24. The third-order valence-electron chi connectivity index (χ3n) is 3.24. The van der Waals surface area contributed by atoms with E-state index in [1.807, 2.05) is 0 Å². The van der Waals surface area contributed by atoms with Crippen LogP contribution >= 0.6 is 0 Å². The number of ether oxygens (including phenoxy) is 4. The molecule has 1 aliphatic rings. The van der Waals surface area contributed by atoms with Crippen LogP contribution in [0.15, 0.2) is 12.1 Å². The van der Waals surface area contributed by atoms with Crippen molar-refractivity contribution >= 4 is 5.78 Å². The molecule has 1 heterocycles. The Bertz CT molecular complexity index is 477. The van der Waals surface area contributed by atoms with E-state index in [0.29, 0.717) is 29.4 Å². The topological polar surface area (TPSA) is 54.0 Å². The van der Waals surface area contributed by atoms with Gasteiger partial charge < -0.3 is 18.9 Å². The fourth-order valence-electron chi connectivity index (χ4n) is 2.23. The Labute approximate surface area is 118 Å². The van der Waals surface area contributed by atoms with Gasteiger partial charge in [-0.15, -0.1) is 0 Å². The van der Waals surface area contributed by atoms with E-state index in [4.69, 9.17) is 18.9 Å². The lowest BCUT2D eigenvalue weighted by Gasteiger charge is -2.25. The number of hydrogen-bond acceptors (Lipinski definition) is 5. The van der Waals surface area contributed by atoms with Gasteiger partial charge in [-0.2, -0.15) is 0 Å². The first-order valence-corrected chi connectivity index (χ1v) is 6.71. The molecule has 0 N–H and O–H groups in total. The number of hydrogen-bond donors (Lipinski definition) is 0. The summed E-state index contributed by atoms with van der Waals surface area (Å²) in [5.41, 5.74) is 0.419. The first-order chi connectivity index (χ1) is 9.65. The van der Waals surface area contributed by atoms with Crippen molar-refractivity contribution in [3.63, 3.8) is 0 Å². The second-order valence-corrected chi connectivity index (χ2v) is 4.67. The Morgan fingerprint density at radius 1 is 1.20 bits per heavy atom. The standard InChI is InChI=1S/C15H20O5/c1-10(16)15-12(18-3)8-11(17-2)9-13(15)20-14-6-4-5-7-19-14/h8-9,14H,4-7H2,1-3H3. The van der Waals surface area contributed by atoms with E-state index >= 15 is 0 Å². The van der Waals surface area contributed by atoms with Crippen LogP contribution < -0.4 is 14.2 Å². The lowest BCUT2D eigenvalue weighted by molar-refractivity contribution is -0.106. The van der Waals surface area contributed by atoms with Gasteiger partial charge in [-0.1, -0.05) is 0 Å². The number of carbonyl (C=O) groups is 1. The highest BCUT2D eigenvalue weighted by atomic mass is 16.7. The van der Waals surface area contributed by atoms with Gasteiger partial charge >= 0.3 is 0 Å². The molecule has 1 aromatic carbocycles. The van der Waals surface area contributed by atoms with E-state index in [2.05, 4.69) is 0 Å². The molecular formula is C15H20O5. The number of rotatable bonds is 5. The molecule has 0 aliphatic carbocycles. The molecule has 2 rings (SSSR count). The number of benzene rings is 1. The number of ketones is 1. The molecule has 1 aromatic rings. The van der Waals surface area contributed by atoms with Crippen molar-refractivity contribution in [2.45, 2.75) is 32.5 Å². The molecule has 1 fully saturated rings. The summed E-state index contributed by atoms with van der Waals surface area (Å²) in [5.74, 6) is 1.36.